The van der Waals surface area contributed by atoms with Crippen molar-refractivity contribution in [2.45, 2.75) is 70.4 Å². The number of fused-ring (bicyclic) bond motifs is 1. The standard InChI is InChI=1S/C16H25NS/c1-12(13-6-3-2-4-7-13)17-15-8-5-9-16-14(15)10-11-18-16/h10-13,15,17H,2-9H2,1H3/t12-,15?/m1/s1. The van der Waals surface area contributed by atoms with Gasteiger partial charge < -0.3 is 5.32 Å². The predicted molar refractivity (Wildman–Crippen MR) is 79.2 cm³/mol. The van der Waals surface area contributed by atoms with Gasteiger partial charge in [0.25, 0.3) is 0 Å². The summed E-state index contributed by atoms with van der Waals surface area (Å²) in [6.07, 6.45) is 11.2. The highest BCUT2D eigenvalue weighted by molar-refractivity contribution is 7.10. The summed E-state index contributed by atoms with van der Waals surface area (Å²) < 4.78 is 0. The molecule has 1 aromatic rings. The number of nitrogens with one attached hydrogen (secondary N) is 1. The molecular weight excluding hydrogens is 238 g/mol. The van der Waals surface area contributed by atoms with Gasteiger partial charge in [0.05, 0.1) is 0 Å². The van der Waals surface area contributed by atoms with Crippen molar-refractivity contribution in [2.24, 2.45) is 5.92 Å². The van der Waals surface area contributed by atoms with Gasteiger partial charge in [-0.05, 0) is 62.0 Å². The van der Waals surface area contributed by atoms with Gasteiger partial charge in [-0.15, -0.1) is 11.3 Å². The number of hydrogen-bond acceptors (Lipinski definition) is 2. The molecule has 1 N–H and O–H groups in total. The maximum Gasteiger partial charge on any atom is 0.0333 e. The summed E-state index contributed by atoms with van der Waals surface area (Å²) in [5.74, 6) is 0.919. The van der Waals surface area contributed by atoms with Crippen LogP contribution in [0.25, 0.3) is 0 Å². The fraction of sp³-hybridized carbons (Fsp3) is 0.750. The second-order valence-electron chi connectivity index (χ2n) is 6.10. The van der Waals surface area contributed by atoms with Gasteiger partial charge in [-0.2, -0.15) is 0 Å². The van der Waals surface area contributed by atoms with Crippen LogP contribution >= 0.6 is 11.3 Å². The van der Waals surface area contributed by atoms with Gasteiger partial charge in [0.2, 0.25) is 0 Å². The summed E-state index contributed by atoms with van der Waals surface area (Å²) in [7, 11) is 0. The first-order valence-corrected chi connectivity index (χ1v) is 8.55. The zero-order chi connectivity index (χ0) is 12.4. The first-order chi connectivity index (χ1) is 8.84. The van der Waals surface area contributed by atoms with E-state index in [0.29, 0.717) is 12.1 Å². The molecule has 2 atom stereocenters. The highest BCUT2D eigenvalue weighted by Crippen LogP contribution is 2.35. The van der Waals surface area contributed by atoms with Crippen LogP contribution in [0.1, 0.15) is 68.4 Å². The summed E-state index contributed by atoms with van der Waals surface area (Å²) in [6, 6.07) is 3.68. The second kappa shape index (κ2) is 5.75. The molecular formula is C16H25NS. The van der Waals surface area contributed by atoms with Crippen molar-refractivity contribution in [1.29, 1.82) is 0 Å². The van der Waals surface area contributed by atoms with Gasteiger partial charge in [-0.3, -0.25) is 0 Å². The molecule has 2 aliphatic carbocycles. The molecule has 1 fully saturated rings. The molecule has 0 radical (unpaired) electrons. The Balaban J connectivity index is 1.63. The second-order valence-corrected chi connectivity index (χ2v) is 7.10. The van der Waals surface area contributed by atoms with Crippen LogP contribution in [0.15, 0.2) is 11.4 Å². The lowest BCUT2D eigenvalue weighted by Crippen LogP contribution is -2.38. The SMILES string of the molecule is C[C@@H](NC1CCCc2sccc21)C1CCCCC1. The van der Waals surface area contributed by atoms with Crippen LogP contribution in [0.3, 0.4) is 0 Å². The third kappa shape index (κ3) is 2.65. The zero-order valence-corrected chi connectivity index (χ0v) is 12.3. The minimum absolute atomic E-state index is 0.636. The average Bonchev–Trinajstić information content (AvgIpc) is 2.89. The molecule has 2 heteroatoms. The topological polar surface area (TPSA) is 12.0 Å². The molecule has 0 amide bonds. The third-order valence-electron chi connectivity index (χ3n) is 4.87. The fourth-order valence-electron chi connectivity index (χ4n) is 3.75. The summed E-state index contributed by atoms with van der Waals surface area (Å²) >= 11 is 1.95. The van der Waals surface area contributed by atoms with E-state index in [-0.39, 0.29) is 0 Å². The van der Waals surface area contributed by atoms with Crippen molar-refractivity contribution < 1.29 is 0 Å². The first-order valence-electron chi connectivity index (χ1n) is 7.67. The average molecular weight is 263 g/mol. The van der Waals surface area contributed by atoms with Crippen LogP contribution in [-0.2, 0) is 6.42 Å². The number of hydrogen-bond donors (Lipinski definition) is 1. The van der Waals surface area contributed by atoms with Crippen molar-refractivity contribution in [3.8, 4) is 0 Å². The maximum absolute atomic E-state index is 3.94. The molecule has 1 nitrogen and oxygen atoms in total. The van der Waals surface area contributed by atoms with Gasteiger partial charge in [-0.1, -0.05) is 19.3 Å². The Bertz CT molecular complexity index is 378. The first kappa shape index (κ1) is 12.7. The molecule has 0 aromatic carbocycles. The van der Waals surface area contributed by atoms with E-state index >= 15 is 0 Å². The zero-order valence-electron chi connectivity index (χ0n) is 11.5. The maximum atomic E-state index is 3.94. The monoisotopic (exact) mass is 263 g/mol. The van der Waals surface area contributed by atoms with E-state index in [9.17, 15) is 0 Å². The lowest BCUT2D eigenvalue weighted by Gasteiger charge is -2.33. The van der Waals surface area contributed by atoms with E-state index in [1.807, 2.05) is 11.3 Å². The van der Waals surface area contributed by atoms with Crippen molar-refractivity contribution >= 4 is 11.3 Å². The number of thiophene rings is 1. The summed E-state index contributed by atoms with van der Waals surface area (Å²) in [6.45, 7) is 2.41. The smallest absolute Gasteiger partial charge is 0.0333 e. The number of aryl methyl sites for hydroxylation is 1. The van der Waals surface area contributed by atoms with Crippen LogP contribution in [0, 0.1) is 5.92 Å². The highest BCUT2D eigenvalue weighted by atomic mass is 32.1. The van der Waals surface area contributed by atoms with Gasteiger partial charge in [0.15, 0.2) is 0 Å². The van der Waals surface area contributed by atoms with E-state index in [1.165, 1.54) is 51.4 Å². The Morgan fingerprint density at radius 2 is 2.00 bits per heavy atom. The van der Waals surface area contributed by atoms with Crippen LogP contribution in [0.4, 0.5) is 0 Å². The lowest BCUT2D eigenvalue weighted by atomic mass is 9.83. The van der Waals surface area contributed by atoms with Crippen molar-refractivity contribution in [1.82, 2.24) is 5.32 Å². The Hall–Kier alpha value is -0.340. The predicted octanol–water partition coefficient (Wildman–Crippen LogP) is 4.68. The fourth-order valence-corrected chi connectivity index (χ4v) is 4.73. The molecule has 0 bridgehead atoms. The van der Waals surface area contributed by atoms with E-state index in [0.717, 1.165) is 5.92 Å². The molecule has 1 aromatic heterocycles. The Morgan fingerprint density at radius 3 is 2.83 bits per heavy atom. The largest absolute Gasteiger partial charge is 0.307 e. The molecule has 0 spiro atoms. The molecule has 0 saturated heterocycles. The van der Waals surface area contributed by atoms with Gasteiger partial charge in [0.1, 0.15) is 0 Å². The molecule has 1 saturated carbocycles. The Kier molecular flexibility index (Phi) is 4.05. The molecule has 2 aliphatic rings. The Morgan fingerprint density at radius 1 is 1.17 bits per heavy atom. The minimum Gasteiger partial charge on any atom is -0.307 e. The van der Waals surface area contributed by atoms with Crippen molar-refractivity contribution in [3.05, 3.63) is 21.9 Å². The highest BCUT2D eigenvalue weighted by Gasteiger charge is 2.26. The van der Waals surface area contributed by atoms with E-state index in [2.05, 4.69) is 23.7 Å². The van der Waals surface area contributed by atoms with Gasteiger partial charge >= 0.3 is 0 Å². The van der Waals surface area contributed by atoms with Crippen LogP contribution in [-0.4, -0.2) is 6.04 Å². The van der Waals surface area contributed by atoms with Crippen molar-refractivity contribution in [3.63, 3.8) is 0 Å². The normalized spacial score (nSPS) is 26.8. The minimum atomic E-state index is 0.636. The van der Waals surface area contributed by atoms with E-state index in [4.69, 9.17) is 0 Å². The van der Waals surface area contributed by atoms with Crippen LogP contribution < -0.4 is 5.32 Å². The molecule has 1 heterocycles. The third-order valence-corrected chi connectivity index (χ3v) is 5.87. The summed E-state index contributed by atoms with van der Waals surface area (Å²) in [4.78, 5) is 1.63. The summed E-state index contributed by atoms with van der Waals surface area (Å²) in [5, 5.41) is 6.21. The summed E-state index contributed by atoms with van der Waals surface area (Å²) in [5.41, 5.74) is 1.61. The molecule has 0 aliphatic heterocycles. The van der Waals surface area contributed by atoms with Crippen molar-refractivity contribution in [2.75, 3.05) is 0 Å². The molecule has 3 rings (SSSR count). The van der Waals surface area contributed by atoms with E-state index < -0.39 is 0 Å². The number of rotatable bonds is 3. The molecule has 100 valence electrons. The van der Waals surface area contributed by atoms with Crippen LogP contribution in [0.2, 0.25) is 0 Å². The van der Waals surface area contributed by atoms with Gasteiger partial charge in [-0.25, -0.2) is 0 Å². The molecule has 1 unspecified atom stereocenters. The lowest BCUT2D eigenvalue weighted by molar-refractivity contribution is 0.257. The van der Waals surface area contributed by atoms with Gasteiger partial charge in [0, 0.05) is 17.0 Å². The van der Waals surface area contributed by atoms with E-state index in [1.54, 1.807) is 10.4 Å². The Labute approximate surface area is 115 Å². The molecule has 18 heavy (non-hydrogen) atoms. The van der Waals surface area contributed by atoms with Crippen LogP contribution in [0.5, 0.6) is 0 Å². The quantitative estimate of drug-likeness (QED) is 0.834.